The van der Waals surface area contributed by atoms with E-state index in [1.54, 1.807) is 0 Å². The first-order valence-corrected chi connectivity index (χ1v) is 6.87. The molecule has 0 spiro atoms. The third-order valence-corrected chi connectivity index (χ3v) is 3.49. The molecule has 2 atom stereocenters. The van der Waals surface area contributed by atoms with Crippen molar-refractivity contribution in [1.82, 2.24) is 5.32 Å². The van der Waals surface area contributed by atoms with Crippen LogP contribution in [0.15, 0.2) is 29.2 Å². The predicted molar refractivity (Wildman–Crippen MR) is 75.1 cm³/mol. The summed E-state index contributed by atoms with van der Waals surface area (Å²) in [6.07, 6.45) is -1.21. The summed E-state index contributed by atoms with van der Waals surface area (Å²) >= 11 is 1.11. The van der Waals surface area contributed by atoms with Crippen LogP contribution in [0.5, 0.6) is 0 Å². The van der Waals surface area contributed by atoms with E-state index >= 15 is 0 Å². The lowest BCUT2D eigenvalue weighted by Crippen LogP contribution is -2.48. The van der Waals surface area contributed by atoms with Crippen LogP contribution in [0.2, 0.25) is 0 Å². The highest BCUT2D eigenvalue weighted by molar-refractivity contribution is 8.00. The number of carbonyl (C=O) groups excluding carboxylic acids is 1. The molecule has 9 heteroatoms. The molecule has 0 heterocycles. The molecule has 0 aliphatic carbocycles. The quantitative estimate of drug-likeness (QED) is 0.382. The van der Waals surface area contributed by atoms with Gasteiger partial charge in [0.25, 0.3) is 5.69 Å². The van der Waals surface area contributed by atoms with Crippen LogP contribution in [0.3, 0.4) is 0 Å². The number of thioether (sulfide) groups is 1. The average molecular weight is 314 g/mol. The fourth-order valence-corrected chi connectivity index (χ4v) is 2.13. The van der Waals surface area contributed by atoms with E-state index in [-0.39, 0.29) is 11.4 Å². The van der Waals surface area contributed by atoms with Crippen molar-refractivity contribution in [3.8, 4) is 0 Å². The van der Waals surface area contributed by atoms with Gasteiger partial charge < -0.3 is 15.5 Å². The average Bonchev–Trinajstić information content (AvgIpc) is 2.42. The molecule has 1 amide bonds. The van der Waals surface area contributed by atoms with Crippen LogP contribution in [0.25, 0.3) is 0 Å². The lowest BCUT2D eigenvalue weighted by atomic mass is 10.2. The van der Waals surface area contributed by atoms with E-state index in [9.17, 15) is 24.8 Å². The van der Waals surface area contributed by atoms with Crippen molar-refractivity contribution >= 4 is 29.3 Å². The molecule has 1 rings (SSSR count). The molecular formula is C12H14N2O6S. The summed E-state index contributed by atoms with van der Waals surface area (Å²) < 4.78 is 0. The zero-order valence-electron chi connectivity index (χ0n) is 11.1. The summed E-state index contributed by atoms with van der Waals surface area (Å²) in [5, 5.41) is 30.7. The van der Waals surface area contributed by atoms with Crippen LogP contribution in [0.1, 0.15) is 6.92 Å². The molecule has 0 fully saturated rings. The second kappa shape index (κ2) is 7.60. The lowest BCUT2D eigenvalue weighted by Gasteiger charge is -2.16. The Labute approximate surface area is 124 Å². The molecule has 21 heavy (non-hydrogen) atoms. The minimum Gasteiger partial charge on any atom is -0.480 e. The number of nitro benzene ring substituents is 1. The Morgan fingerprint density at radius 2 is 1.95 bits per heavy atom. The van der Waals surface area contributed by atoms with E-state index in [1.165, 1.54) is 31.2 Å². The number of aliphatic hydroxyl groups excluding tert-OH is 1. The minimum atomic E-state index is -1.37. The summed E-state index contributed by atoms with van der Waals surface area (Å²) in [4.78, 5) is 33.0. The second-order valence-electron chi connectivity index (χ2n) is 4.16. The van der Waals surface area contributed by atoms with E-state index in [0.717, 1.165) is 11.8 Å². The van der Waals surface area contributed by atoms with Crippen molar-refractivity contribution in [1.29, 1.82) is 0 Å². The van der Waals surface area contributed by atoms with E-state index in [2.05, 4.69) is 5.32 Å². The Kier molecular flexibility index (Phi) is 6.12. The Hall–Kier alpha value is -2.13. The van der Waals surface area contributed by atoms with Gasteiger partial charge >= 0.3 is 5.97 Å². The first kappa shape index (κ1) is 16.9. The van der Waals surface area contributed by atoms with Crippen LogP contribution in [-0.2, 0) is 9.59 Å². The fraction of sp³-hybridized carbons (Fsp3) is 0.333. The molecule has 0 aliphatic heterocycles. The van der Waals surface area contributed by atoms with Crippen molar-refractivity contribution in [2.75, 3.05) is 5.75 Å². The predicted octanol–water partition coefficient (Wildman–Crippen LogP) is 0.637. The van der Waals surface area contributed by atoms with Gasteiger partial charge in [-0.2, -0.15) is 0 Å². The number of amides is 1. The molecule has 0 bridgehead atoms. The largest absolute Gasteiger partial charge is 0.480 e. The Morgan fingerprint density at radius 1 is 1.38 bits per heavy atom. The zero-order valence-corrected chi connectivity index (χ0v) is 11.9. The zero-order chi connectivity index (χ0) is 16.0. The van der Waals surface area contributed by atoms with Gasteiger partial charge in [-0.05, 0) is 19.1 Å². The number of nitrogens with one attached hydrogen (secondary N) is 1. The number of rotatable bonds is 7. The van der Waals surface area contributed by atoms with Crippen LogP contribution in [0, 0.1) is 10.1 Å². The number of carboxylic acid groups (broad SMARTS) is 1. The van der Waals surface area contributed by atoms with Gasteiger partial charge in [0.1, 0.15) is 0 Å². The maximum absolute atomic E-state index is 11.6. The van der Waals surface area contributed by atoms with E-state index in [0.29, 0.717) is 4.90 Å². The maximum Gasteiger partial charge on any atom is 0.328 e. The topological polar surface area (TPSA) is 130 Å². The molecule has 1 aromatic carbocycles. The van der Waals surface area contributed by atoms with Gasteiger partial charge in [0, 0.05) is 17.0 Å². The maximum atomic E-state index is 11.6. The number of aliphatic carboxylic acids is 1. The Morgan fingerprint density at radius 3 is 2.38 bits per heavy atom. The molecule has 1 aromatic rings. The number of hydrogen-bond donors (Lipinski definition) is 3. The van der Waals surface area contributed by atoms with Crippen LogP contribution in [-0.4, -0.2) is 44.9 Å². The lowest BCUT2D eigenvalue weighted by molar-refractivity contribution is -0.384. The molecule has 0 saturated carbocycles. The summed E-state index contributed by atoms with van der Waals surface area (Å²) in [5.41, 5.74) is -0.0520. The van der Waals surface area contributed by atoms with E-state index < -0.39 is 28.9 Å². The third-order valence-electron chi connectivity index (χ3n) is 2.48. The highest BCUT2D eigenvalue weighted by Gasteiger charge is 2.24. The van der Waals surface area contributed by atoms with E-state index in [4.69, 9.17) is 5.11 Å². The summed E-state index contributed by atoms with van der Waals surface area (Å²) in [5.74, 6) is -1.93. The molecule has 8 nitrogen and oxygen atoms in total. The number of hydrogen-bond acceptors (Lipinski definition) is 6. The Bertz CT molecular complexity index is 531. The standard InChI is InChI=1S/C12H14N2O6S/c1-7(15)11(12(17)18)13-10(16)6-21-9-4-2-8(3-5-9)14(19)20/h2-5,7,11,15H,6H2,1H3,(H,13,16)(H,17,18). The van der Waals surface area contributed by atoms with Gasteiger partial charge in [-0.15, -0.1) is 11.8 Å². The highest BCUT2D eigenvalue weighted by atomic mass is 32.2. The number of nitro groups is 1. The van der Waals surface area contributed by atoms with Gasteiger partial charge in [-0.3, -0.25) is 14.9 Å². The number of aliphatic hydroxyl groups is 1. The van der Waals surface area contributed by atoms with Gasteiger partial charge in [0.15, 0.2) is 6.04 Å². The molecule has 0 aliphatic rings. The fourth-order valence-electron chi connectivity index (χ4n) is 1.42. The minimum absolute atomic E-state index is 0.0520. The molecule has 2 unspecified atom stereocenters. The SMILES string of the molecule is CC(O)C(NC(=O)CSc1ccc([N+](=O)[O-])cc1)C(=O)O. The van der Waals surface area contributed by atoms with Crippen molar-refractivity contribution in [2.24, 2.45) is 0 Å². The van der Waals surface area contributed by atoms with Gasteiger partial charge in [0.2, 0.25) is 5.91 Å². The summed E-state index contributed by atoms with van der Waals surface area (Å²) in [6.45, 7) is 1.27. The van der Waals surface area contributed by atoms with Gasteiger partial charge in [-0.25, -0.2) is 4.79 Å². The summed E-state index contributed by atoms with van der Waals surface area (Å²) in [6, 6.07) is 4.26. The van der Waals surface area contributed by atoms with Crippen LogP contribution < -0.4 is 5.32 Å². The molecule has 0 radical (unpaired) electrons. The van der Waals surface area contributed by atoms with Crippen molar-refractivity contribution in [3.05, 3.63) is 34.4 Å². The number of carbonyl (C=O) groups is 2. The number of carboxylic acids is 1. The molecule has 114 valence electrons. The monoisotopic (exact) mass is 314 g/mol. The van der Waals surface area contributed by atoms with Crippen LogP contribution in [0.4, 0.5) is 5.69 Å². The first-order valence-electron chi connectivity index (χ1n) is 5.88. The van der Waals surface area contributed by atoms with Crippen molar-refractivity contribution in [3.63, 3.8) is 0 Å². The second-order valence-corrected chi connectivity index (χ2v) is 5.21. The molecule has 3 N–H and O–H groups in total. The van der Waals surface area contributed by atoms with Crippen molar-refractivity contribution in [2.45, 2.75) is 24.0 Å². The smallest absolute Gasteiger partial charge is 0.328 e. The molecule has 0 saturated heterocycles. The van der Waals surface area contributed by atoms with E-state index in [1.807, 2.05) is 0 Å². The highest BCUT2D eigenvalue weighted by Crippen LogP contribution is 2.21. The molecular weight excluding hydrogens is 300 g/mol. The molecule has 0 aromatic heterocycles. The number of benzene rings is 1. The van der Waals surface area contributed by atoms with Gasteiger partial charge in [0.05, 0.1) is 16.8 Å². The third kappa shape index (κ3) is 5.40. The Balaban J connectivity index is 2.52. The van der Waals surface area contributed by atoms with Crippen LogP contribution >= 0.6 is 11.8 Å². The number of nitrogens with zero attached hydrogens (tertiary/aromatic N) is 1. The van der Waals surface area contributed by atoms with Crippen molar-refractivity contribution < 1.29 is 24.7 Å². The first-order chi connectivity index (χ1) is 9.81. The van der Waals surface area contributed by atoms with Gasteiger partial charge in [-0.1, -0.05) is 0 Å². The number of non-ortho nitro benzene ring substituents is 1. The summed E-state index contributed by atoms with van der Waals surface area (Å²) in [7, 11) is 0. The normalized spacial score (nSPS) is 13.2.